The number of hydrogen-bond acceptors (Lipinski definition) is 4. The molecule has 2 bridgehead atoms. The Morgan fingerprint density at radius 2 is 2.38 bits per heavy atom. The number of nitrogens with one attached hydrogen (secondary N) is 2. The standard InChI is InChI=1S/C14H22N4O2S/c1-8(2)12-16-17-14(21)18(12)6-5-15-13(19)10-7-9-3-4-11(10)20-9/h8-11H,3-7H2,1-2H3,(H,15,19)(H,17,21). The van der Waals surface area contributed by atoms with Gasteiger partial charge in [0.25, 0.3) is 0 Å². The first kappa shape index (κ1) is 14.7. The van der Waals surface area contributed by atoms with Gasteiger partial charge in [0.15, 0.2) is 4.77 Å². The SMILES string of the molecule is CC(C)c1n[nH]c(=S)n1CCNC(=O)C1CC2CCC1O2. The molecule has 0 saturated carbocycles. The Hall–Kier alpha value is -1.21. The van der Waals surface area contributed by atoms with Crippen molar-refractivity contribution in [2.24, 2.45) is 5.92 Å². The van der Waals surface area contributed by atoms with Crippen molar-refractivity contribution in [3.8, 4) is 0 Å². The van der Waals surface area contributed by atoms with Gasteiger partial charge in [-0.2, -0.15) is 5.10 Å². The normalized spacial score (nSPS) is 27.5. The third-order valence-corrected chi connectivity index (χ3v) is 4.69. The number of rotatable bonds is 5. The van der Waals surface area contributed by atoms with Gasteiger partial charge in [0, 0.05) is 19.0 Å². The molecule has 6 nitrogen and oxygen atoms in total. The summed E-state index contributed by atoms with van der Waals surface area (Å²) in [7, 11) is 0. The number of ether oxygens (including phenoxy) is 1. The summed E-state index contributed by atoms with van der Waals surface area (Å²) in [5, 5.41) is 10.1. The predicted octanol–water partition coefficient (Wildman–Crippen LogP) is 1.75. The van der Waals surface area contributed by atoms with Gasteiger partial charge in [-0.3, -0.25) is 9.89 Å². The molecule has 0 aromatic carbocycles. The Kier molecular flexibility index (Phi) is 4.12. The van der Waals surface area contributed by atoms with Gasteiger partial charge in [0.05, 0.1) is 18.1 Å². The number of carbonyl (C=O) groups is 1. The molecule has 2 aliphatic rings. The van der Waals surface area contributed by atoms with Crippen molar-refractivity contribution in [3.05, 3.63) is 10.6 Å². The van der Waals surface area contributed by atoms with Crippen LogP contribution in [-0.2, 0) is 16.1 Å². The average Bonchev–Trinajstić information content (AvgIpc) is 3.14. The first-order valence-electron chi connectivity index (χ1n) is 7.64. The van der Waals surface area contributed by atoms with Gasteiger partial charge < -0.3 is 14.6 Å². The minimum atomic E-state index is 0.0330. The number of fused-ring (bicyclic) bond motifs is 2. The van der Waals surface area contributed by atoms with Crippen molar-refractivity contribution < 1.29 is 9.53 Å². The van der Waals surface area contributed by atoms with Crippen LogP contribution in [0.5, 0.6) is 0 Å². The van der Waals surface area contributed by atoms with E-state index in [9.17, 15) is 4.79 Å². The Morgan fingerprint density at radius 1 is 1.57 bits per heavy atom. The number of aromatic amines is 1. The Morgan fingerprint density at radius 3 is 3.00 bits per heavy atom. The van der Waals surface area contributed by atoms with Crippen LogP contribution in [0.2, 0.25) is 0 Å². The second-order valence-corrected chi connectivity index (χ2v) is 6.59. The topological polar surface area (TPSA) is 71.9 Å². The van der Waals surface area contributed by atoms with Crippen molar-refractivity contribution in [1.82, 2.24) is 20.1 Å². The molecule has 2 fully saturated rings. The molecule has 2 aliphatic heterocycles. The van der Waals surface area contributed by atoms with Crippen LogP contribution < -0.4 is 5.32 Å². The van der Waals surface area contributed by atoms with Crippen molar-refractivity contribution in [1.29, 1.82) is 0 Å². The predicted molar refractivity (Wildman–Crippen MR) is 80.5 cm³/mol. The molecule has 116 valence electrons. The van der Waals surface area contributed by atoms with Gasteiger partial charge in [-0.1, -0.05) is 13.8 Å². The van der Waals surface area contributed by atoms with E-state index >= 15 is 0 Å². The fourth-order valence-corrected chi connectivity index (χ4v) is 3.55. The molecular weight excluding hydrogens is 288 g/mol. The highest BCUT2D eigenvalue weighted by Gasteiger charge is 2.44. The number of aromatic nitrogens is 3. The number of H-pyrrole nitrogens is 1. The van der Waals surface area contributed by atoms with E-state index in [2.05, 4.69) is 29.4 Å². The zero-order valence-corrected chi connectivity index (χ0v) is 13.3. The summed E-state index contributed by atoms with van der Waals surface area (Å²) in [4.78, 5) is 12.2. The molecule has 3 heterocycles. The van der Waals surface area contributed by atoms with Crippen molar-refractivity contribution in [2.75, 3.05) is 6.54 Å². The highest BCUT2D eigenvalue weighted by molar-refractivity contribution is 7.71. The van der Waals surface area contributed by atoms with Crippen LogP contribution in [-0.4, -0.2) is 39.4 Å². The van der Waals surface area contributed by atoms with Gasteiger partial charge in [-0.05, 0) is 31.5 Å². The first-order valence-corrected chi connectivity index (χ1v) is 8.05. The molecular formula is C14H22N4O2S. The molecule has 21 heavy (non-hydrogen) atoms. The molecule has 3 unspecified atom stereocenters. The van der Waals surface area contributed by atoms with E-state index in [0.29, 0.717) is 29.9 Å². The molecule has 2 saturated heterocycles. The van der Waals surface area contributed by atoms with Crippen molar-refractivity contribution in [3.63, 3.8) is 0 Å². The zero-order chi connectivity index (χ0) is 15.0. The summed E-state index contributed by atoms with van der Waals surface area (Å²) in [6, 6.07) is 0. The minimum Gasteiger partial charge on any atom is -0.374 e. The van der Waals surface area contributed by atoms with Crippen LogP contribution in [0.4, 0.5) is 0 Å². The fourth-order valence-electron chi connectivity index (χ4n) is 3.32. The fraction of sp³-hybridized carbons (Fsp3) is 0.786. The second-order valence-electron chi connectivity index (χ2n) is 6.20. The summed E-state index contributed by atoms with van der Waals surface area (Å²) < 4.78 is 8.29. The van der Waals surface area contributed by atoms with Crippen LogP contribution >= 0.6 is 12.2 Å². The largest absolute Gasteiger partial charge is 0.374 e. The van der Waals surface area contributed by atoms with E-state index in [1.807, 2.05) is 4.57 Å². The Labute approximate surface area is 129 Å². The van der Waals surface area contributed by atoms with Crippen LogP contribution in [0.1, 0.15) is 44.9 Å². The number of hydrogen-bond donors (Lipinski definition) is 2. The van der Waals surface area contributed by atoms with E-state index in [1.165, 1.54) is 0 Å². The van der Waals surface area contributed by atoms with Crippen molar-refractivity contribution >= 4 is 18.1 Å². The summed E-state index contributed by atoms with van der Waals surface area (Å²) in [6.45, 7) is 5.37. The number of amides is 1. The summed E-state index contributed by atoms with van der Waals surface area (Å²) in [5.41, 5.74) is 0. The highest BCUT2D eigenvalue weighted by Crippen LogP contribution is 2.38. The molecule has 0 spiro atoms. The Bertz CT molecular complexity index is 580. The molecule has 3 atom stereocenters. The second kappa shape index (κ2) is 5.88. The molecule has 2 N–H and O–H groups in total. The van der Waals surface area contributed by atoms with Crippen LogP contribution in [0.3, 0.4) is 0 Å². The summed E-state index contributed by atoms with van der Waals surface area (Å²) in [6.07, 6.45) is 3.44. The maximum Gasteiger partial charge on any atom is 0.225 e. The van der Waals surface area contributed by atoms with Gasteiger partial charge in [-0.15, -0.1) is 0 Å². The van der Waals surface area contributed by atoms with E-state index in [0.717, 1.165) is 25.1 Å². The van der Waals surface area contributed by atoms with E-state index in [1.54, 1.807) is 0 Å². The van der Waals surface area contributed by atoms with Crippen molar-refractivity contribution in [2.45, 2.75) is 57.8 Å². The quantitative estimate of drug-likeness (QED) is 0.813. The minimum absolute atomic E-state index is 0.0330. The molecule has 0 radical (unpaired) electrons. The molecule has 1 aromatic rings. The van der Waals surface area contributed by atoms with Gasteiger partial charge in [-0.25, -0.2) is 0 Å². The van der Waals surface area contributed by atoms with Gasteiger partial charge in [0.1, 0.15) is 5.82 Å². The number of nitrogens with zero attached hydrogens (tertiary/aromatic N) is 2. The van der Waals surface area contributed by atoms with Gasteiger partial charge >= 0.3 is 0 Å². The summed E-state index contributed by atoms with van der Waals surface area (Å²) in [5.74, 6) is 1.37. The maximum atomic E-state index is 12.2. The lowest BCUT2D eigenvalue weighted by molar-refractivity contribution is -0.126. The van der Waals surface area contributed by atoms with Gasteiger partial charge in [0.2, 0.25) is 5.91 Å². The molecule has 0 aliphatic carbocycles. The highest BCUT2D eigenvalue weighted by atomic mass is 32.1. The van der Waals surface area contributed by atoms with E-state index in [4.69, 9.17) is 17.0 Å². The number of carbonyl (C=O) groups excluding carboxylic acids is 1. The average molecular weight is 310 g/mol. The van der Waals surface area contributed by atoms with E-state index in [-0.39, 0.29) is 17.9 Å². The lowest BCUT2D eigenvalue weighted by Crippen LogP contribution is -2.37. The van der Waals surface area contributed by atoms with Crippen LogP contribution in [0.25, 0.3) is 0 Å². The Balaban J connectivity index is 1.53. The smallest absolute Gasteiger partial charge is 0.225 e. The van der Waals surface area contributed by atoms with E-state index < -0.39 is 0 Å². The summed E-state index contributed by atoms with van der Waals surface area (Å²) >= 11 is 5.23. The molecule has 3 rings (SSSR count). The van der Waals surface area contributed by atoms with Crippen LogP contribution in [0.15, 0.2) is 0 Å². The molecule has 1 amide bonds. The maximum absolute atomic E-state index is 12.2. The zero-order valence-electron chi connectivity index (χ0n) is 12.5. The third kappa shape index (κ3) is 2.89. The monoisotopic (exact) mass is 310 g/mol. The lowest BCUT2D eigenvalue weighted by Gasteiger charge is -2.18. The molecule has 1 aromatic heterocycles. The third-order valence-electron chi connectivity index (χ3n) is 4.38. The van der Waals surface area contributed by atoms with Crippen LogP contribution in [0, 0.1) is 10.7 Å². The first-order chi connectivity index (χ1) is 10.1. The lowest BCUT2D eigenvalue weighted by atomic mass is 9.88. The molecule has 7 heteroatoms.